The van der Waals surface area contributed by atoms with Crippen molar-refractivity contribution in [3.63, 3.8) is 0 Å². The van der Waals surface area contributed by atoms with Gasteiger partial charge in [-0.3, -0.25) is 14.4 Å². The molecule has 1 saturated heterocycles. The van der Waals surface area contributed by atoms with E-state index in [1.54, 1.807) is 55.6 Å². The monoisotopic (exact) mass is 453 g/mol. The molecule has 3 rings (SSSR count). The van der Waals surface area contributed by atoms with Crippen molar-refractivity contribution in [3.05, 3.63) is 65.2 Å². The Morgan fingerprint density at radius 3 is 2.00 bits per heavy atom. The molecule has 1 heterocycles. The molecule has 0 aromatic heterocycles. The molecule has 8 heteroatoms. The quantitative estimate of drug-likeness (QED) is 0.244. The van der Waals surface area contributed by atoms with E-state index >= 15 is 0 Å². The number of carboxylic acid groups (broad SMARTS) is 1. The van der Waals surface area contributed by atoms with Crippen molar-refractivity contribution in [2.24, 2.45) is 0 Å². The number of carboxylic acids is 1. The van der Waals surface area contributed by atoms with Gasteiger partial charge in [0, 0.05) is 18.5 Å². The molecule has 1 fully saturated rings. The zero-order valence-corrected chi connectivity index (χ0v) is 18.6. The highest BCUT2D eigenvalue weighted by atomic mass is 16.5. The van der Waals surface area contributed by atoms with Crippen LogP contribution in [0.15, 0.2) is 54.1 Å². The summed E-state index contributed by atoms with van der Waals surface area (Å²) in [6.45, 7) is 0.264. The van der Waals surface area contributed by atoms with Crippen LogP contribution in [0.2, 0.25) is 0 Å². The lowest BCUT2D eigenvalue weighted by Crippen LogP contribution is -2.30. The van der Waals surface area contributed by atoms with Crippen LogP contribution in [0.4, 0.5) is 0 Å². The largest absolute Gasteiger partial charge is 0.507 e. The molecule has 0 aliphatic carbocycles. The summed E-state index contributed by atoms with van der Waals surface area (Å²) in [5.74, 6) is -1.35. The Hall–Kier alpha value is -3.81. The van der Waals surface area contributed by atoms with Crippen LogP contribution in [0.25, 0.3) is 5.76 Å². The van der Waals surface area contributed by atoms with Crippen molar-refractivity contribution in [1.29, 1.82) is 0 Å². The van der Waals surface area contributed by atoms with E-state index in [0.717, 1.165) is 0 Å². The molecule has 1 unspecified atom stereocenters. The van der Waals surface area contributed by atoms with E-state index in [1.165, 1.54) is 12.0 Å². The van der Waals surface area contributed by atoms with Crippen LogP contribution < -0.4 is 9.47 Å². The van der Waals surface area contributed by atoms with Crippen LogP contribution in [0.1, 0.15) is 42.9 Å². The van der Waals surface area contributed by atoms with E-state index in [2.05, 4.69) is 0 Å². The van der Waals surface area contributed by atoms with Crippen molar-refractivity contribution < 1.29 is 34.1 Å². The number of aliphatic hydroxyl groups is 1. The summed E-state index contributed by atoms with van der Waals surface area (Å²) in [6.07, 6.45) is 1.68. The first-order valence-corrected chi connectivity index (χ1v) is 10.7. The van der Waals surface area contributed by atoms with Gasteiger partial charge in [0.15, 0.2) is 0 Å². The van der Waals surface area contributed by atoms with Crippen molar-refractivity contribution >= 4 is 23.4 Å². The second-order valence-electron chi connectivity index (χ2n) is 7.70. The minimum absolute atomic E-state index is 0.0147. The van der Waals surface area contributed by atoms with E-state index in [1.807, 2.05) is 0 Å². The summed E-state index contributed by atoms with van der Waals surface area (Å²) in [5.41, 5.74) is 1.07. The summed E-state index contributed by atoms with van der Waals surface area (Å²) in [4.78, 5) is 38.1. The average molecular weight is 453 g/mol. The Morgan fingerprint density at radius 2 is 1.45 bits per heavy atom. The molecule has 1 aliphatic rings. The van der Waals surface area contributed by atoms with Gasteiger partial charge in [0.1, 0.15) is 17.3 Å². The fraction of sp³-hybridized carbons (Fsp3) is 0.320. The molecule has 0 bridgehead atoms. The van der Waals surface area contributed by atoms with Crippen LogP contribution in [0.3, 0.4) is 0 Å². The number of aliphatic hydroxyl groups excluding tert-OH is 1. The first-order chi connectivity index (χ1) is 15.9. The summed E-state index contributed by atoms with van der Waals surface area (Å²) >= 11 is 0. The number of ketones is 1. The Balaban J connectivity index is 1.97. The van der Waals surface area contributed by atoms with Gasteiger partial charge >= 0.3 is 5.97 Å². The molecule has 2 aromatic carbocycles. The number of carbonyl (C=O) groups excluding carboxylic acids is 2. The Bertz CT molecular complexity index is 1040. The molecule has 0 radical (unpaired) electrons. The number of likely N-dealkylation sites (tertiary alicyclic amines) is 1. The molecule has 33 heavy (non-hydrogen) atoms. The van der Waals surface area contributed by atoms with Crippen molar-refractivity contribution in [3.8, 4) is 11.5 Å². The van der Waals surface area contributed by atoms with E-state index < -0.39 is 23.7 Å². The highest BCUT2D eigenvalue weighted by molar-refractivity contribution is 6.46. The number of aliphatic carboxylic acids is 1. The smallest absolute Gasteiger partial charge is 0.303 e. The number of nitrogens with zero attached hydrogens (tertiary/aromatic N) is 1. The van der Waals surface area contributed by atoms with Crippen LogP contribution in [0, 0.1) is 0 Å². The Kier molecular flexibility index (Phi) is 7.71. The molecule has 2 aromatic rings. The lowest BCUT2D eigenvalue weighted by atomic mass is 9.95. The molecule has 1 amide bonds. The van der Waals surface area contributed by atoms with Gasteiger partial charge in [0.2, 0.25) is 0 Å². The fourth-order valence-electron chi connectivity index (χ4n) is 3.88. The number of hydrogen-bond donors (Lipinski definition) is 2. The SMILES string of the molecule is COc1ccc(/C(O)=C2\C(=O)C(=O)N(CCCCCC(=O)O)C2c2ccc(OC)cc2)cc1. The first kappa shape index (κ1) is 23.8. The van der Waals surface area contributed by atoms with Crippen LogP contribution in [-0.4, -0.2) is 53.5 Å². The summed E-state index contributed by atoms with van der Waals surface area (Å²) in [6, 6.07) is 12.8. The van der Waals surface area contributed by atoms with Crippen LogP contribution in [0.5, 0.6) is 11.5 Å². The average Bonchev–Trinajstić information content (AvgIpc) is 3.08. The van der Waals surface area contributed by atoms with Crippen LogP contribution >= 0.6 is 0 Å². The summed E-state index contributed by atoms with van der Waals surface area (Å²) in [5, 5.41) is 19.9. The Labute approximate surface area is 192 Å². The molecule has 174 valence electrons. The maximum atomic E-state index is 13.0. The third-order valence-electron chi connectivity index (χ3n) is 5.62. The van der Waals surface area contributed by atoms with Crippen molar-refractivity contribution in [2.45, 2.75) is 31.7 Å². The lowest BCUT2D eigenvalue weighted by molar-refractivity contribution is -0.140. The molecule has 8 nitrogen and oxygen atoms in total. The van der Waals surface area contributed by atoms with E-state index in [9.17, 15) is 19.5 Å². The minimum Gasteiger partial charge on any atom is -0.507 e. The number of hydrogen-bond acceptors (Lipinski definition) is 6. The Morgan fingerprint density at radius 1 is 0.879 bits per heavy atom. The van der Waals surface area contributed by atoms with Gasteiger partial charge in [-0.15, -0.1) is 0 Å². The van der Waals surface area contributed by atoms with Crippen molar-refractivity contribution in [1.82, 2.24) is 4.90 Å². The second-order valence-corrected chi connectivity index (χ2v) is 7.70. The van der Waals surface area contributed by atoms with E-state index in [-0.39, 0.29) is 24.3 Å². The van der Waals surface area contributed by atoms with E-state index in [0.29, 0.717) is 41.9 Å². The number of carbonyl (C=O) groups is 3. The standard InChI is InChI=1S/C25H27NO7/c1-32-18-11-7-16(8-12-18)22-21(23(29)17-9-13-19(33-2)14-10-17)24(30)25(31)26(22)15-5-3-4-6-20(27)28/h7-14,22,29H,3-6,15H2,1-2H3,(H,27,28)/b23-21+. The third-order valence-corrected chi connectivity index (χ3v) is 5.62. The fourth-order valence-corrected chi connectivity index (χ4v) is 3.88. The highest BCUT2D eigenvalue weighted by Crippen LogP contribution is 2.40. The van der Waals surface area contributed by atoms with Crippen LogP contribution in [-0.2, 0) is 14.4 Å². The third kappa shape index (κ3) is 5.34. The van der Waals surface area contributed by atoms with Crippen molar-refractivity contribution in [2.75, 3.05) is 20.8 Å². The molecular formula is C25H27NO7. The zero-order valence-electron chi connectivity index (χ0n) is 18.6. The van der Waals surface area contributed by atoms with Gasteiger partial charge in [0.25, 0.3) is 11.7 Å². The number of methoxy groups -OCH3 is 2. The number of unbranched alkanes of at least 4 members (excludes halogenated alkanes) is 2. The number of ether oxygens (including phenoxy) is 2. The topological polar surface area (TPSA) is 113 Å². The molecule has 2 N–H and O–H groups in total. The predicted octanol–water partition coefficient (Wildman–Crippen LogP) is 3.77. The molecular weight excluding hydrogens is 426 g/mol. The molecule has 0 saturated carbocycles. The molecule has 0 spiro atoms. The maximum absolute atomic E-state index is 13.0. The van der Waals surface area contributed by atoms with Gasteiger partial charge in [-0.25, -0.2) is 0 Å². The first-order valence-electron chi connectivity index (χ1n) is 10.7. The van der Waals surface area contributed by atoms with Gasteiger partial charge < -0.3 is 24.6 Å². The number of amides is 1. The maximum Gasteiger partial charge on any atom is 0.303 e. The normalized spacial score (nSPS) is 17.3. The number of benzene rings is 2. The highest BCUT2D eigenvalue weighted by Gasteiger charge is 2.45. The van der Waals surface area contributed by atoms with Gasteiger partial charge in [-0.2, -0.15) is 0 Å². The summed E-state index contributed by atoms with van der Waals surface area (Å²) < 4.78 is 10.4. The zero-order chi connectivity index (χ0) is 24.0. The number of rotatable bonds is 10. The lowest BCUT2D eigenvalue weighted by Gasteiger charge is -2.25. The number of Topliss-reactive ketones (excluding diaryl/α,β-unsaturated/α-hetero) is 1. The van der Waals surface area contributed by atoms with Gasteiger partial charge in [-0.05, 0) is 54.8 Å². The predicted molar refractivity (Wildman–Crippen MR) is 121 cm³/mol. The van der Waals surface area contributed by atoms with Gasteiger partial charge in [-0.1, -0.05) is 18.6 Å². The van der Waals surface area contributed by atoms with Gasteiger partial charge in [0.05, 0.1) is 25.8 Å². The molecule has 1 aliphatic heterocycles. The second kappa shape index (κ2) is 10.7. The molecule has 1 atom stereocenters. The van der Waals surface area contributed by atoms with E-state index in [4.69, 9.17) is 14.6 Å². The minimum atomic E-state index is -0.867. The summed E-state index contributed by atoms with van der Waals surface area (Å²) in [7, 11) is 3.07.